The highest BCUT2D eigenvalue weighted by Gasteiger charge is 2.18. The zero-order valence-electron chi connectivity index (χ0n) is 5.97. The van der Waals surface area contributed by atoms with Crippen LogP contribution < -0.4 is 0 Å². The molecule has 0 rings (SSSR count). The second-order valence-electron chi connectivity index (χ2n) is 2.13. The van der Waals surface area contributed by atoms with E-state index in [1.165, 1.54) is 11.6 Å². The Bertz CT molecular complexity index is 157. The minimum absolute atomic E-state index is 0.312. The first-order chi connectivity index (χ1) is 4.68. The minimum Gasteiger partial charge on any atom is -0.385 e. The van der Waals surface area contributed by atoms with Gasteiger partial charge >= 0.3 is 0 Å². The van der Waals surface area contributed by atoms with Gasteiger partial charge in [-0.25, -0.2) is 0 Å². The molecule has 10 heavy (non-hydrogen) atoms. The molecule has 0 saturated heterocycles. The van der Waals surface area contributed by atoms with E-state index >= 15 is 0 Å². The Balaban J connectivity index is 4.11. The van der Waals surface area contributed by atoms with Gasteiger partial charge in [-0.15, -0.1) is 12.3 Å². The lowest BCUT2D eigenvalue weighted by atomic mass is 9.97. The molecule has 0 spiro atoms. The van der Waals surface area contributed by atoms with Gasteiger partial charge in [-0.1, -0.05) is 18.5 Å². The summed E-state index contributed by atoms with van der Waals surface area (Å²) < 4.78 is 0. The average Bonchev–Trinajstić information content (AvgIpc) is 1.89. The fourth-order valence-electron chi connectivity index (χ4n) is 0.596. The first-order valence-corrected chi connectivity index (χ1v) is 3.56. The maximum Gasteiger partial charge on any atom is 0.0945 e. The van der Waals surface area contributed by atoms with E-state index in [0.29, 0.717) is 12.8 Å². The van der Waals surface area contributed by atoms with Gasteiger partial charge in [-0.05, 0) is 12.5 Å². The van der Waals surface area contributed by atoms with Crippen molar-refractivity contribution >= 4 is 11.6 Å². The van der Waals surface area contributed by atoms with Gasteiger partial charge in [-0.3, -0.25) is 0 Å². The van der Waals surface area contributed by atoms with Gasteiger partial charge in [0.25, 0.3) is 0 Å². The highest BCUT2D eigenvalue weighted by atomic mass is 35.5. The summed E-state index contributed by atoms with van der Waals surface area (Å²) in [5, 5.41) is 9.51. The summed E-state index contributed by atoms with van der Waals surface area (Å²) in [6.07, 6.45) is 7.44. The average molecular weight is 159 g/mol. The third-order valence-electron chi connectivity index (χ3n) is 1.39. The van der Waals surface area contributed by atoms with Gasteiger partial charge in [0.1, 0.15) is 0 Å². The molecular weight excluding hydrogens is 148 g/mol. The molecule has 0 aliphatic carbocycles. The zero-order valence-corrected chi connectivity index (χ0v) is 6.73. The van der Waals surface area contributed by atoms with Crippen LogP contribution in [0.2, 0.25) is 0 Å². The van der Waals surface area contributed by atoms with Gasteiger partial charge in [0.05, 0.1) is 5.60 Å². The molecule has 0 radical (unpaired) electrons. The van der Waals surface area contributed by atoms with Gasteiger partial charge in [0.2, 0.25) is 0 Å². The van der Waals surface area contributed by atoms with Crippen LogP contribution in [0.1, 0.15) is 19.8 Å². The van der Waals surface area contributed by atoms with Gasteiger partial charge < -0.3 is 5.11 Å². The summed E-state index contributed by atoms with van der Waals surface area (Å²) in [6.45, 7) is 1.86. The third-order valence-corrected chi connectivity index (χ3v) is 1.52. The predicted molar refractivity (Wildman–Crippen MR) is 43.7 cm³/mol. The Labute approximate surface area is 66.7 Å². The predicted octanol–water partition coefficient (Wildman–Crippen LogP) is 1.90. The van der Waals surface area contributed by atoms with E-state index in [2.05, 4.69) is 5.92 Å². The molecule has 1 N–H and O–H groups in total. The van der Waals surface area contributed by atoms with Crippen molar-refractivity contribution < 1.29 is 5.11 Å². The van der Waals surface area contributed by atoms with Crippen LogP contribution in [0.4, 0.5) is 0 Å². The highest BCUT2D eigenvalue weighted by Crippen LogP contribution is 2.16. The molecule has 0 aliphatic heterocycles. The lowest BCUT2D eigenvalue weighted by molar-refractivity contribution is 0.0926. The monoisotopic (exact) mass is 158 g/mol. The molecule has 0 amide bonds. The molecule has 1 nitrogen and oxygen atoms in total. The van der Waals surface area contributed by atoms with Crippen molar-refractivity contribution in [1.29, 1.82) is 0 Å². The minimum atomic E-state index is -0.906. The van der Waals surface area contributed by atoms with Crippen LogP contribution in [0, 0.1) is 12.3 Å². The molecule has 0 aromatic heterocycles. The number of aliphatic hydroxyl groups is 1. The van der Waals surface area contributed by atoms with E-state index in [-0.39, 0.29) is 0 Å². The molecular formula is C8H11ClO. The largest absolute Gasteiger partial charge is 0.385 e. The van der Waals surface area contributed by atoms with Gasteiger partial charge in [0, 0.05) is 12.0 Å². The number of terminal acetylenes is 1. The van der Waals surface area contributed by atoms with Crippen LogP contribution in [0.25, 0.3) is 0 Å². The van der Waals surface area contributed by atoms with Crippen molar-refractivity contribution in [3.05, 3.63) is 11.6 Å². The fourth-order valence-corrected chi connectivity index (χ4v) is 0.830. The smallest absolute Gasteiger partial charge is 0.0945 e. The van der Waals surface area contributed by atoms with Crippen molar-refractivity contribution in [1.82, 2.24) is 0 Å². The Kier molecular flexibility index (Phi) is 4.18. The molecule has 0 fully saturated rings. The lowest BCUT2D eigenvalue weighted by Crippen LogP contribution is -2.23. The van der Waals surface area contributed by atoms with Crippen molar-refractivity contribution in [3.8, 4) is 12.3 Å². The first-order valence-electron chi connectivity index (χ1n) is 3.12. The number of hydrogen-bond donors (Lipinski definition) is 1. The second kappa shape index (κ2) is 4.38. The lowest BCUT2D eigenvalue weighted by Gasteiger charge is -2.18. The Morgan fingerprint density at radius 1 is 1.80 bits per heavy atom. The molecule has 0 aromatic rings. The van der Waals surface area contributed by atoms with Crippen molar-refractivity contribution in [3.63, 3.8) is 0 Å². The van der Waals surface area contributed by atoms with Crippen LogP contribution in [-0.4, -0.2) is 10.7 Å². The maximum atomic E-state index is 9.51. The first kappa shape index (κ1) is 9.55. The molecule has 0 aromatic carbocycles. The zero-order chi connectivity index (χ0) is 8.04. The number of hydrogen-bond acceptors (Lipinski definition) is 1. The van der Waals surface area contributed by atoms with E-state index in [1.54, 1.807) is 0 Å². The van der Waals surface area contributed by atoms with Crippen LogP contribution in [0.5, 0.6) is 0 Å². The van der Waals surface area contributed by atoms with E-state index in [0.717, 1.165) is 0 Å². The summed E-state index contributed by atoms with van der Waals surface area (Å²) >= 11 is 5.29. The summed E-state index contributed by atoms with van der Waals surface area (Å²) in [5.74, 6) is 2.38. The second-order valence-corrected chi connectivity index (χ2v) is 2.38. The summed E-state index contributed by atoms with van der Waals surface area (Å²) in [7, 11) is 0. The molecule has 1 atom stereocenters. The van der Waals surface area contributed by atoms with Crippen LogP contribution >= 0.6 is 11.6 Å². The van der Waals surface area contributed by atoms with E-state index in [1.807, 2.05) is 6.92 Å². The van der Waals surface area contributed by atoms with Crippen LogP contribution in [0.15, 0.2) is 11.6 Å². The topological polar surface area (TPSA) is 20.2 Å². The molecule has 56 valence electrons. The van der Waals surface area contributed by atoms with Crippen LogP contribution in [-0.2, 0) is 0 Å². The molecule has 0 aliphatic rings. The Morgan fingerprint density at radius 3 is 2.70 bits per heavy atom. The molecule has 2 heteroatoms. The Morgan fingerprint density at radius 2 is 2.40 bits per heavy atom. The normalized spacial score (nSPS) is 16.6. The summed E-state index contributed by atoms with van der Waals surface area (Å²) in [5.41, 5.74) is 0.386. The SMILES string of the molecule is C#CCC(O)(/C=C/Cl)CC. The molecule has 1 unspecified atom stereocenters. The van der Waals surface area contributed by atoms with E-state index in [4.69, 9.17) is 18.0 Å². The molecule has 0 saturated carbocycles. The van der Waals surface area contributed by atoms with Crippen LogP contribution in [0.3, 0.4) is 0 Å². The molecule has 0 heterocycles. The quantitative estimate of drug-likeness (QED) is 0.623. The third kappa shape index (κ3) is 2.91. The maximum absolute atomic E-state index is 9.51. The van der Waals surface area contributed by atoms with Gasteiger partial charge in [0.15, 0.2) is 0 Å². The van der Waals surface area contributed by atoms with Gasteiger partial charge in [-0.2, -0.15) is 0 Å². The molecule has 0 bridgehead atoms. The standard InChI is InChI=1S/C8H11ClO/c1-3-5-8(10,4-2)6-7-9/h1,6-7,10H,4-5H2,2H3/b7-6+. The van der Waals surface area contributed by atoms with Crippen molar-refractivity contribution in [2.24, 2.45) is 0 Å². The van der Waals surface area contributed by atoms with E-state index in [9.17, 15) is 5.11 Å². The van der Waals surface area contributed by atoms with E-state index < -0.39 is 5.60 Å². The fraction of sp³-hybridized carbons (Fsp3) is 0.500. The number of rotatable bonds is 3. The van der Waals surface area contributed by atoms with Crippen molar-refractivity contribution in [2.75, 3.05) is 0 Å². The van der Waals surface area contributed by atoms with Crippen molar-refractivity contribution in [2.45, 2.75) is 25.4 Å². The number of halogens is 1. The summed E-state index contributed by atoms with van der Waals surface area (Å²) in [4.78, 5) is 0. The Hall–Kier alpha value is -0.450. The highest BCUT2D eigenvalue weighted by molar-refractivity contribution is 6.25. The summed E-state index contributed by atoms with van der Waals surface area (Å²) in [6, 6.07) is 0.